The molecule has 6 heteroatoms. The second-order valence-electron chi connectivity index (χ2n) is 8.05. The van der Waals surface area contributed by atoms with Crippen LogP contribution in [0.15, 0.2) is 48.5 Å². The van der Waals surface area contributed by atoms with Crippen LogP contribution < -0.4 is 0 Å². The first-order valence-electron chi connectivity index (χ1n) is 9.69. The van der Waals surface area contributed by atoms with E-state index in [1.807, 2.05) is 42.5 Å². The van der Waals surface area contributed by atoms with Crippen LogP contribution in [0.5, 0.6) is 0 Å². The van der Waals surface area contributed by atoms with Crippen molar-refractivity contribution in [3.63, 3.8) is 0 Å². The Hall–Kier alpha value is -1.98. The summed E-state index contributed by atoms with van der Waals surface area (Å²) in [6.07, 6.45) is 0. The lowest BCUT2D eigenvalue weighted by atomic mass is 9.86. The van der Waals surface area contributed by atoms with Crippen molar-refractivity contribution in [3.8, 4) is 0 Å². The highest BCUT2D eigenvalue weighted by Crippen LogP contribution is 2.43. The molecule has 0 bridgehead atoms. The van der Waals surface area contributed by atoms with E-state index in [0.717, 1.165) is 11.1 Å². The van der Waals surface area contributed by atoms with Crippen molar-refractivity contribution in [2.75, 3.05) is 12.4 Å². The highest BCUT2D eigenvalue weighted by atomic mass is 35.5. The molecule has 4 nitrogen and oxygen atoms in total. The number of nitrogens with zero attached hydrogens (tertiary/aromatic N) is 1. The lowest BCUT2D eigenvalue weighted by Gasteiger charge is -2.29. The Labute approximate surface area is 181 Å². The summed E-state index contributed by atoms with van der Waals surface area (Å²) in [6.45, 7) is 8.45. The molecule has 2 aromatic rings. The van der Waals surface area contributed by atoms with Crippen molar-refractivity contribution in [1.82, 2.24) is 4.90 Å². The van der Waals surface area contributed by atoms with Gasteiger partial charge in [0.2, 0.25) is 0 Å². The molecule has 0 aliphatic carbocycles. The van der Waals surface area contributed by atoms with Gasteiger partial charge in [-0.2, -0.15) is 0 Å². The lowest BCUT2D eigenvalue weighted by Crippen LogP contribution is -2.43. The molecule has 2 unspecified atom stereocenters. The Morgan fingerprint density at radius 1 is 1.17 bits per heavy atom. The largest absolute Gasteiger partial charge is 0.464 e. The van der Waals surface area contributed by atoms with Crippen molar-refractivity contribution >= 4 is 35.2 Å². The van der Waals surface area contributed by atoms with Crippen LogP contribution in [0.2, 0.25) is 5.02 Å². The number of carbonyl (C=O) groups excluding carboxylic acids is 2. The highest BCUT2D eigenvalue weighted by molar-refractivity contribution is 7.99. The Morgan fingerprint density at radius 2 is 1.86 bits per heavy atom. The molecule has 0 N–H and O–H groups in total. The van der Waals surface area contributed by atoms with Gasteiger partial charge in [0, 0.05) is 16.3 Å². The second kappa shape index (κ2) is 8.80. The van der Waals surface area contributed by atoms with Gasteiger partial charge in [0.1, 0.15) is 11.4 Å². The molecule has 1 aliphatic heterocycles. The van der Waals surface area contributed by atoms with Crippen molar-refractivity contribution in [1.29, 1.82) is 0 Å². The van der Waals surface area contributed by atoms with Crippen LogP contribution in [0.3, 0.4) is 0 Å². The van der Waals surface area contributed by atoms with Crippen LogP contribution in [-0.4, -0.2) is 35.2 Å². The maximum atomic E-state index is 13.5. The number of hydrogen-bond donors (Lipinski definition) is 0. The van der Waals surface area contributed by atoms with Gasteiger partial charge in [0.05, 0.1) is 6.61 Å². The molecule has 0 saturated carbocycles. The number of benzene rings is 2. The molecule has 3 rings (SSSR count). The van der Waals surface area contributed by atoms with Crippen molar-refractivity contribution in [2.24, 2.45) is 0 Å². The third-order valence-electron chi connectivity index (χ3n) is 4.93. The predicted molar refractivity (Wildman–Crippen MR) is 118 cm³/mol. The number of esters is 1. The van der Waals surface area contributed by atoms with E-state index >= 15 is 0 Å². The minimum Gasteiger partial charge on any atom is -0.464 e. The average molecular weight is 432 g/mol. The van der Waals surface area contributed by atoms with E-state index in [1.54, 1.807) is 29.7 Å². The second-order valence-corrected chi connectivity index (χ2v) is 9.60. The van der Waals surface area contributed by atoms with E-state index in [-0.39, 0.29) is 29.3 Å². The molecule has 1 amide bonds. The first kappa shape index (κ1) is 21.7. The first-order chi connectivity index (χ1) is 13.7. The SMILES string of the molecule is CCOC(=O)C1CSC(c2cccc(Cl)c2)N1C(=O)c1ccc(C(C)(C)C)cc1. The molecular formula is C23H26ClNO3S. The zero-order chi connectivity index (χ0) is 21.2. The molecular weight excluding hydrogens is 406 g/mol. The standard InChI is InChI=1S/C23H26ClNO3S/c1-5-28-22(27)19-14-29-21(16-7-6-8-18(24)13-16)25(19)20(26)15-9-11-17(12-10-15)23(2,3)4/h6-13,19,21H,5,14H2,1-4H3. The minimum absolute atomic E-state index is 0.00185. The normalized spacial score (nSPS) is 19.3. The quantitative estimate of drug-likeness (QED) is 0.603. The van der Waals surface area contributed by atoms with Crippen LogP contribution in [0.25, 0.3) is 0 Å². The van der Waals surface area contributed by atoms with E-state index in [0.29, 0.717) is 16.3 Å². The Balaban J connectivity index is 1.96. The molecule has 2 atom stereocenters. The summed E-state index contributed by atoms with van der Waals surface area (Å²) in [7, 11) is 0. The molecule has 0 radical (unpaired) electrons. The fourth-order valence-corrected chi connectivity index (χ4v) is 4.96. The number of thioether (sulfide) groups is 1. The van der Waals surface area contributed by atoms with Gasteiger partial charge in [-0.25, -0.2) is 4.79 Å². The van der Waals surface area contributed by atoms with Crippen LogP contribution in [-0.2, 0) is 14.9 Å². The van der Waals surface area contributed by atoms with Gasteiger partial charge in [-0.1, -0.05) is 56.6 Å². The Kier molecular flexibility index (Phi) is 6.59. The Bertz CT molecular complexity index is 892. The number of rotatable bonds is 4. The maximum absolute atomic E-state index is 13.5. The van der Waals surface area contributed by atoms with Crippen LogP contribution >= 0.6 is 23.4 Å². The predicted octanol–water partition coefficient (Wildman–Crippen LogP) is 5.46. The smallest absolute Gasteiger partial charge is 0.329 e. The zero-order valence-corrected chi connectivity index (χ0v) is 18.7. The summed E-state index contributed by atoms with van der Waals surface area (Å²) in [4.78, 5) is 27.7. The monoisotopic (exact) mass is 431 g/mol. The molecule has 1 fully saturated rings. The molecule has 0 aromatic heterocycles. The molecule has 2 aromatic carbocycles. The molecule has 29 heavy (non-hydrogen) atoms. The van der Waals surface area contributed by atoms with E-state index in [1.165, 1.54) is 0 Å². The van der Waals surface area contributed by atoms with Crippen molar-refractivity contribution in [2.45, 2.75) is 44.5 Å². The molecule has 1 aliphatic rings. The summed E-state index contributed by atoms with van der Waals surface area (Å²) in [5.41, 5.74) is 2.61. The first-order valence-corrected chi connectivity index (χ1v) is 11.1. The van der Waals surface area contributed by atoms with E-state index in [2.05, 4.69) is 20.8 Å². The summed E-state index contributed by atoms with van der Waals surface area (Å²) >= 11 is 7.72. The van der Waals surface area contributed by atoms with Crippen molar-refractivity contribution < 1.29 is 14.3 Å². The van der Waals surface area contributed by atoms with Gasteiger partial charge in [-0.05, 0) is 47.7 Å². The van der Waals surface area contributed by atoms with E-state index < -0.39 is 6.04 Å². The number of ether oxygens (including phenoxy) is 1. The van der Waals surface area contributed by atoms with Gasteiger partial charge < -0.3 is 9.64 Å². The van der Waals surface area contributed by atoms with Gasteiger partial charge in [0.15, 0.2) is 0 Å². The summed E-state index contributed by atoms with van der Waals surface area (Å²) in [5, 5.41) is 0.308. The fraction of sp³-hybridized carbons (Fsp3) is 0.391. The number of halogens is 1. The molecule has 154 valence electrons. The van der Waals surface area contributed by atoms with Gasteiger partial charge >= 0.3 is 5.97 Å². The zero-order valence-electron chi connectivity index (χ0n) is 17.1. The van der Waals surface area contributed by atoms with Gasteiger partial charge in [-0.15, -0.1) is 11.8 Å². The number of amides is 1. The lowest BCUT2D eigenvalue weighted by molar-refractivity contribution is -0.147. The van der Waals surface area contributed by atoms with Gasteiger partial charge in [-0.3, -0.25) is 4.79 Å². The van der Waals surface area contributed by atoms with Crippen LogP contribution in [0.1, 0.15) is 54.6 Å². The minimum atomic E-state index is -0.626. The van der Waals surface area contributed by atoms with E-state index in [9.17, 15) is 9.59 Å². The third kappa shape index (κ3) is 4.78. The number of carbonyl (C=O) groups is 2. The summed E-state index contributed by atoms with van der Waals surface area (Å²) in [6, 6.07) is 14.4. The van der Waals surface area contributed by atoms with Gasteiger partial charge in [0.25, 0.3) is 5.91 Å². The molecule has 1 saturated heterocycles. The third-order valence-corrected chi connectivity index (χ3v) is 6.48. The van der Waals surface area contributed by atoms with Crippen molar-refractivity contribution in [3.05, 3.63) is 70.2 Å². The highest BCUT2D eigenvalue weighted by Gasteiger charge is 2.43. The average Bonchev–Trinajstić information content (AvgIpc) is 3.12. The molecule has 1 heterocycles. The van der Waals surface area contributed by atoms with Crippen LogP contribution in [0, 0.1) is 0 Å². The van der Waals surface area contributed by atoms with E-state index in [4.69, 9.17) is 16.3 Å². The summed E-state index contributed by atoms with van der Waals surface area (Å²) < 4.78 is 5.24. The topological polar surface area (TPSA) is 46.6 Å². The summed E-state index contributed by atoms with van der Waals surface area (Å²) in [5.74, 6) is -0.0652. The Morgan fingerprint density at radius 3 is 2.45 bits per heavy atom. The molecule has 0 spiro atoms. The van der Waals surface area contributed by atoms with Crippen LogP contribution in [0.4, 0.5) is 0 Å². The number of hydrogen-bond acceptors (Lipinski definition) is 4. The fourth-order valence-electron chi connectivity index (χ4n) is 3.35. The maximum Gasteiger partial charge on any atom is 0.329 e.